The molecule has 0 atom stereocenters. The van der Waals surface area contributed by atoms with Crippen LogP contribution in [0.4, 0.5) is 0 Å². The van der Waals surface area contributed by atoms with Crippen molar-refractivity contribution in [1.82, 2.24) is 9.88 Å². The summed E-state index contributed by atoms with van der Waals surface area (Å²) in [5.74, 6) is 0.0367. The molecule has 0 N–H and O–H groups in total. The van der Waals surface area contributed by atoms with Gasteiger partial charge in [-0.2, -0.15) is 0 Å². The number of benzene rings is 1. The number of morpholine rings is 1. The fourth-order valence-corrected chi connectivity index (χ4v) is 2.53. The lowest BCUT2D eigenvalue weighted by Gasteiger charge is -2.27. The smallest absolute Gasteiger partial charge is 0.254 e. The maximum absolute atomic E-state index is 12.5. The molecule has 0 radical (unpaired) electrons. The van der Waals surface area contributed by atoms with Crippen molar-refractivity contribution >= 4 is 29.4 Å². The van der Waals surface area contributed by atoms with Gasteiger partial charge in [-0.15, -0.1) is 12.6 Å². The Morgan fingerprint density at radius 1 is 1.26 bits per heavy atom. The molecule has 4 nitrogen and oxygen atoms in total. The molecule has 1 aliphatic rings. The summed E-state index contributed by atoms with van der Waals surface area (Å²) >= 11 is 4.39. The molecule has 19 heavy (non-hydrogen) atoms. The van der Waals surface area contributed by atoms with Crippen LogP contribution in [-0.2, 0) is 4.74 Å². The highest BCUT2D eigenvalue weighted by Crippen LogP contribution is 2.24. The molecular weight excluding hydrogens is 260 g/mol. The minimum absolute atomic E-state index is 0.0367. The zero-order valence-corrected chi connectivity index (χ0v) is 11.3. The fraction of sp³-hybridized carbons (Fsp3) is 0.286. The number of aromatic nitrogens is 1. The van der Waals surface area contributed by atoms with Gasteiger partial charge in [-0.1, -0.05) is 6.07 Å². The molecule has 1 aromatic carbocycles. The highest BCUT2D eigenvalue weighted by Gasteiger charge is 2.20. The molecule has 98 valence electrons. The average Bonchev–Trinajstić information content (AvgIpc) is 2.48. The van der Waals surface area contributed by atoms with E-state index in [4.69, 9.17) is 4.74 Å². The van der Waals surface area contributed by atoms with Crippen molar-refractivity contribution < 1.29 is 9.53 Å². The Bertz CT molecular complexity index is 624. The highest BCUT2D eigenvalue weighted by molar-refractivity contribution is 7.80. The van der Waals surface area contributed by atoms with Gasteiger partial charge in [-0.25, -0.2) is 0 Å². The van der Waals surface area contributed by atoms with Crippen LogP contribution in [0.2, 0.25) is 0 Å². The molecule has 0 saturated carbocycles. The SMILES string of the molecule is O=C(c1ccc(S)c2ncccc12)N1CCOCC1. The van der Waals surface area contributed by atoms with Crippen LogP contribution >= 0.6 is 12.6 Å². The number of hydrogen-bond acceptors (Lipinski definition) is 4. The van der Waals surface area contributed by atoms with Gasteiger partial charge in [0.2, 0.25) is 0 Å². The Morgan fingerprint density at radius 3 is 2.84 bits per heavy atom. The summed E-state index contributed by atoms with van der Waals surface area (Å²) in [5.41, 5.74) is 1.45. The topological polar surface area (TPSA) is 42.4 Å². The van der Waals surface area contributed by atoms with Crippen molar-refractivity contribution in [3.63, 3.8) is 0 Å². The quantitative estimate of drug-likeness (QED) is 0.809. The van der Waals surface area contributed by atoms with Gasteiger partial charge in [0, 0.05) is 35.1 Å². The second-order valence-electron chi connectivity index (χ2n) is 4.44. The van der Waals surface area contributed by atoms with E-state index in [1.54, 1.807) is 6.20 Å². The van der Waals surface area contributed by atoms with E-state index >= 15 is 0 Å². The molecule has 2 heterocycles. The number of nitrogens with zero attached hydrogens (tertiary/aromatic N) is 2. The van der Waals surface area contributed by atoms with Crippen LogP contribution in [0.3, 0.4) is 0 Å². The Balaban J connectivity index is 2.05. The lowest BCUT2D eigenvalue weighted by molar-refractivity contribution is 0.0304. The summed E-state index contributed by atoms with van der Waals surface area (Å²) in [6, 6.07) is 7.40. The highest BCUT2D eigenvalue weighted by atomic mass is 32.1. The first-order valence-corrected chi connectivity index (χ1v) is 6.66. The monoisotopic (exact) mass is 274 g/mol. The molecule has 0 unspecified atom stereocenters. The molecular formula is C14H14N2O2S. The summed E-state index contributed by atoms with van der Waals surface area (Å²) in [7, 11) is 0. The number of amides is 1. The summed E-state index contributed by atoms with van der Waals surface area (Å²) in [6.45, 7) is 2.49. The maximum atomic E-state index is 12.5. The van der Waals surface area contributed by atoms with Crippen molar-refractivity contribution in [2.24, 2.45) is 0 Å². The largest absolute Gasteiger partial charge is 0.378 e. The maximum Gasteiger partial charge on any atom is 0.254 e. The number of fused-ring (bicyclic) bond motifs is 1. The molecule has 1 fully saturated rings. The van der Waals surface area contributed by atoms with Gasteiger partial charge in [-0.3, -0.25) is 9.78 Å². The third kappa shape index (κ3) is 2.31. The Kier molecular flexibility index (Phi) is 3.40. The fourth-order valence-electron chi connectivity index (χ4n) is 2.28. The summed E-state index contributed by atoms with van der Waals surface area (Å²) in [5, 5.41) is 0.853. The van der Waals surface area contributed by atoms with E-state index in [9.17, 15) is 4.79 Å². The van der Waals surface area contributed by atoms with Crippen molar-refractivity contribution in [1.29, 1.82) is 0 Å². The number of rotatable bonds is 1. The molecule has 3 rings (SSSR count). The minimum Gasteiger partial charge on any atom is -0.378 e. The third-order valence-corrected chi connectivity index (χ3v) is 3.64. The van der Waals surface area contributed by atoms with Gasteiger partial charge in [0.25, 0.3) is 5.91 Å². The molecule has 1 aliphatic heterocycles. The summed E-state index contributed by atoms with van der Waals surface area (Å²) in [6.07, 6.45) is 1.71. The molecule has 5 heteroatoms. The van der Waals surface area contributed by atoms with Crippen molar-refractivity contribution in [3.05, 3.63) is 36.0 Å². The number of carbonyl (C=O) groups excluding carboxylic acids is 1. The van der Waals surface area contributed by atoms with Crippen LogP contribution < -0.4 is 0 Å². The number of hydrogen-bond donors (Lipinski definition) is 1. The molecule has 0 bridgehead atoms. The normalized spacial score (nSPS) is 15.7. The lowest BCUT2D eigenvalue weighted by atomic mass is 10.1. The number of thiol groups is 1. The van der Waals surface area contributed by atoms with Crippen molar-refractivity contribution in [2.75, 3.05) is 26.3 Å². The van der Waals surface area contributed by atoms with Gasteiger partial charge in [0.1, 0.15) is 0 Å². The molecule has 1 aromatic heterocycles. The first-order chi connectivity index (χ1) is 9.27. The zero-order valence-electron chi connectivity index (χ0n) is 10.4. The van der Waals surface area contributed by atoms with E-state index in [1.165, 1.54) is 0 Å². The molecule has 1 saturated heterocycles. The summed E-state index contributed by atoms with van der Waals surface area (Å²) in [4.78, 5) is 19.4. The number of pyridine rings is 1. The lowest BCUT2D eigenvalue weighted by Crippen LogP contribution is -2.40. The van der Waals surface area contributed by atoms with Gasteiger partial charge < -0.3 is 9.64 Å². The van der Waals surface area contributed by atoms with Gasteiger partial charge in [0.05, 0.1) is 18.7 Å². The molecule has 1 amide bonds. The molecule has 0 spiro atoms. The standard InChI is InChI=1S/C14H14N2O2S/c17-14(16-6-8-18-9-7-16)11-3-4-12(19)13-10(11)2-1-5-15-13/h1-5,19H,6-9H2. The first-order valence-electron chi connectivity index (χ1n) is 6.21. The van der Waals surface area contributed by atoms with E-state index < -0.39 is 0 Å². The van der Waals surface area contributed by atoms with Gasteiger partial charge in [0.15, 0.2) is 0 Å². The third-order valence-electron chi connectivity index (χ3n) is 3.28. The molecule has 2 aromatic rings. The Morgan fingerprint density at radius 2 is 2.05 bits per heavy atom. The Labute approximate surface area is 116 Å². The number of ether oxygens (including phenoxy) is 1. The van der Waals surface area contributed by atoms with E-state index in [2.05, 4.69) is 17.6 Å². The van der Waals surface area contributed by atoms with E-state index in [1.807, 2.05) is 29.2 Å². The van der Waals surface area contributed by atoms with Crippen LogP contribution in [0, 0.1) is 0 Å². The second kappa shape index (κ2) is 5.19. The van der Waals surface area contributed by atoms with Crippen LogP contribution in [-0.4, -0.2) is 42.1 Å². The predicted octanol–water partition coefficient (Wildman–Crippen LogP) is 2.00. The van der Waals surface area contributed by atoms with Crippen molar-refractivity contribution in [3.8, 4) is 0 Å². The minimum atomic E-state index is 0.0367. The predicted molar refractivity (Wildman–Crippen MR) is 75.7 cm³/mol. The van der Waals surface area contributed by atoms with Gasteiger partial charge in [-0.05, 0) is 18.2 Å². The van der Waals surface area contributed by atoms with E-state index in [0.29, 0.717) is 31.9 Å². The van der Waals surface area contributed by atoms with Crippen molar-refractivity contribution in [2.45, 2.75) is 4.90 Å². The second-order valence-corrected chi connectivity index (χ2v) is 4.92. The average molecular weight is 274 g/mol. The van der Waals surface area contributed by atoms with E-state index in [0.717, 1.165) is 15.8 Å². The van der Waals surface area contributed by atoms with Crippen LogP contribution in [0.5, 0.6) is 0 Å². The first kappa shape index (κ1) is 12.4. The van der Waals surface area contributed by atoms with Crippen LogP contribution in [0.1, 0.15) is 10.4 Å². The molecule has 0 aliphatic carbocycles. The van der Waals surface area contributed by atoms with E-state index in [-0.39, 0.29) is 5.91 Å². The number of carbonyl (C=O) groups is 1. The van der Waals surface area contributed by atoms with Crippen LogP contribution in [0.25, 0.3) is 10.9 Å². The zero-order chi connectivity index (χ0) is 13.2. The Hall–Kier alpha value is -1.59. The van der Waals surface area contributed by atoms with Crippen LogP contribution in [0.15, 0.2) is 35.4 Å². The van der Waals surface area contributed by atoms with Gasteiger partial charge >= 0.3 is 0 Å². The summed E-state index contributed by atoms with van der Waals surface area (Å²) < 4.78 is 5.27.